The Kier molecular flexibility index (Phi) is 4.49. The van der Waals surface area contributed by atoms with Gasteiger partial charge in [0.15, 0.2) is 0 Å². The molecule has 140 valence electrons. The number of nitriles is 1. The van der Waals surface area contributed by atoms with Crippen molar-refractivity contribution in [3.63, 3.8) is 0 Å². The molecule has 1 atom stereocenters. The van der Waals surface area contributed by atoms with Gasteiger partial charge in [0.2, 0.25) is 5.88 Å². The Bertz CT molecular complexity index is 1100. The third-order valence-electron chi connectivity index (χ3n) is 4.63. The van der Waals surface area contributed by atoms with Crippen molar-refractivity contribution in [2.75, 3.05) is 7.11 Å². The standard InChI is InChI=1S/C20H16FN5O2/c1-28-19-9-13(2-4-23-19)17-10-18-16(3-5-26(18)25-17)24-20(27)14-6-12(11-22)7-15(21)8-14/h2,4,6-10,16H,3,5H2,1H3,(H,24,27)/t16-/m1/s1. The van der Waals surface area contributed by atoms with E-state index in [9.17, 15) is 9.18 Å². The monoisotopic (exact) mass is 377 g/mol. The number of nitrogens with zero attached hydrogens (tertiary/aromatic N) is 4. The number of aromatic nitrogens is 3. The van der Waals surface area contributed by atoms with Crippen LogP contribution in [0.25, 0.3) is 11.3 Å². The number of amides is 1. The zero-order valence-electron chi connectivity index (χ0n) is 15.0. The SMILES string of the molecule is COc1cc(-c2cc3n(n2)CC[C@H]3NC(=O)c2cc(F)cc(C#N)c2)ccn1. The third kappa shape index (κ3) is 3.30. The molecule has 8 heteroatoms. The van der Waals surface area contributed by atoms with E-state index in [2.05, 4.69) is 15.4 Å². The van der Waals surface area contributed by atoms with Gasteiger partial charge in [-0.05, 0) is 36.8 Å². The van der Waals surface area contributed by atoms with Crippen LogP contribution < -0.4 is 10.1 Å². The summed E-state index contributed by atoms with van der Waals surface area (Å²) in [5.41, 5.74) is 2.72. The second-order valence-electron chi connectivity index (χ2n) is 6.42. The number of halogens is 1. The van der Waals surface area contributed by atoms with Crippen molar-refractivity contribution in [3.8, 4) is 23.2 Å². The van der Waals surface area contributed by atoms with Gasteiger partial charge in [0.05, 0.1) is 36.2 Å². The topological polar surface area (TPSA) is 92.8 Å². The summed E-state index contributed by atoms with van der Waals surface area (Å²) in [6, 6.07) is 10.7. The third-order valence-corrected chi connectivity index (χ3v) is 4.63. The van der Waals surface area contributed by atoms with E-state index < -0.39 is 11.7 Å². The molecule has 2 aromatic heterocycles. The number of carbonyl (C=O) groups excluding carboxylic acids is 1. The highest BCUT2D eigenvalue weighted by molar-refractivity contribution is 5.94. The predicted molar refractivity (Wildman–Crippen MR) is 97.9 cm³/mol. The van der Waals surface area contributed by atoms with E-state index in [1.54, 1.807) is 19.4 Å². The maximum Gasteiger partial charge on any atom is 0.251 e. The van der Waals surface area contributed by atoms with Gasteiger partial charge in [-0.15, -0.1) is 0 Å². The Morgan fingerprint density at radius 2 is 2.21 bits per heavy atom. The summed E-state index contributed by atoms with van der Waals surface area (Å²) < 4.78 is 20.6. The Balaban J connectivity index is 1.57. The normalized spacial score (nSPS) is 15.0. The lowest BCUT2D eigenvalue weighted by atomic mass is 10.1. The predicted octanol–water partition coefficient (Wildman–Crippen LogP) is 2.84. The fourth-order valence-corrected chi connectivity index (χ4v) is 3.28. The smallest absolute Gasteiger partial charge is 0.251 e. The van der Waals surface area contributed by atoms with Crippen molar-refractivity contribution in [2.24, 2.45) is 0 Å². The molecule has 7 nitrogen and oxygen atoms in total. The minimum atomic E-state index is -0.616. The first kappa shape index (κ1) is 17.7. The molecule has 0 aliphatic carbocycles. The highest BCUT2D eigenvalue weighted by Crippen LogP contribution is 2.30. The van der Waals surface area contributed by atoms with Gasteiger partial charge in [-0.25, -0.2) is 9.37 Å². The van der Waals surface area contributed by atoms with Crippen molar-refractivity contribution in [1.82, 2.24) is 20.1 Å². The fraction of sp³-hybridized carbons (Fsp3) is 0.200. The van der Waals surface area contributed by atoms with Gasteiger partial charge < -0.3 is 10.1 Å². The molecular weight excluding hydrogens is 361 g/mol. The molecule has 1 aliphatic rings. The summed E-state index contributed by atoms with van der Waals surface area (Å²) in [6.45, 7) is 0.662. The lowest BCUT2D eigenvalue weighted by Crippen LogP contribution is -2.27. The van der Waals surface area contributed by atoms with Crippen molar-refractivity contribution in [2.45, 2.75) is 19.0 Å². The molecule has 1 amide bonds. The number of pyridine rings is 1. The summed E-state index contributed by atoms with van der Waals surface area (Å²) >= 11 is 0. The first-order chi connectivity index (χ1) is 13.6. The Hall–Kier alpha value is -3.73. The van der Waals surface area contributed by atoms with Crippen LogP contribution in [0.4, 0.5) is 4.39 Å². The van der Waals surface area contributed by atoms with Gasteiger partial charge >= 0.3 is 0 Å². The molecule has 0 fully saturated rings. The van der Waals surface area contributed by atoms with Crippen molar-refractivity contribution in [3.05, 3.63) is 65.2 Å². The number of hydrogen-bond acceptors (Lipinski definition) is 5. The highest BCUT2D eigenvalue weighted by atomic mass is 19.1. The lowest BCUT2D eigenvalue weighted by Gasteiger charge is -2.12. The molecule has 0 bridgehead atoms. The summed E-state index contributed by atoms with van der Waals surface area (Å²) in [7, 11) is 1.55. The molecule has 1 aliphatic heterocycles. The second kappa shape index (κ2) is 7.12. The molecule has 1 aromatic carbocycles. The molecule has 0 spiro atoms. The van der Waals surface area contributed by atoms with Gasteiger partial charge in [0.25, 0.3) is 5.91 Å². The molecule has 4 rings (SSSR count). The molecule has 0 unspecified atom stereocenters. The Labute approximate surface area is 160 Å². The molecular formula is C20H16FN5O2. The van der Waals surface area contributed by atoms with E-state index in [0.29, 0.717) is 18.8 Å². The quantitative estimate of drug-likeness (QED) is 0.755. The number of carbonyl (C=O) groups is 1. The van der Waals surface area contributed by atoms with Gasteiger partial charge in [0, 0.05) is 29.9 Å². The fourth-order valence-electron chi connectivity index (χ4n) is 3.28. The number of aryl methyl sites for hydroxylation is 1. The summed E-state index contributed by atoms with van der Waals surface area (Å²) in [4.78, 5) is 16.6. The number of benzene rings is 1. The lowest BCUT2D eigenvalue weighted by molar-refractivity contribution is 0.0936. The number of hydrogen-bond donors (Lipinski definition) is 1. The molecule has 1 N–H and O–H groups in total. The van der Waals surface area contributed by atoms with E-state index in [-0.39, 0.29) is 17.2 Å². The minimum Gasteiger partial charge on any atom is -0.481 e. The molecule has 3 heterocycles. The van der Waals surface area contributed by atoms with Crippen LogP contribution in [0, 0.1) is 17.1 Å². The van der Waals surface area contributed by atoms with Crippen LogP contribution in [0.2, 0.25) is 0 Å². The molecule has 3 aromatic rings. The van der Waals surface area contributed by atoms with Crippen LogP contribution in [0.3, 0.4) is 0 Å². The number of rotatable bonds is 4. The zero-order chi connectivity index (χ0) is 19.7. The van der Waals surface area contributed by atoms with Gasteiger partial charge in [0.1, 0.15) is 5.82 Å². The van der Waals surface area contributed by atoms with Crippen LogP contribution in [0.5, 0.6) is 5.88 Å². The van der Waals surface area contributed by atoms with E-state index >= 15 is 0 Å². The largest absolute Gasteiger partial charge is 0.481 e. The van der Waals surface area contributed by atoms with Gasteiger partial charge in [-0.2, -0.15) is 10.4 Å². The first-order valence-electron chi connectivity index (χ1n) is 8.67. The number of fused-ring (bicyclic) bond motifs is 1. The Morgan fingerprint density at radius 3 is 3.00 bits per heavy atom. The van der Waals surface area contributed by atoms with Crippen molar-refractivity contribution in [1.29, 1.82) is 5.26 Å². The van der Waals surface area contributed by atoms with E-state index in [1.165, 1.54) is 6.07 Å². The highest BCUT2D eigenvalue weighted by Gasteiger charge is 2.27. The summed E-state index contributed by atoms with van der Waals surface area (Å²) in [6.07, 6.45) is 2.34. The zero-order valence-corrected chi connectivity index (χ0v) is 15.0. The van der Waals surface area contributed by atoms with E-state index in [1.807, 2.05) is 22.9 Å². The van der Waals surface area contributed by atoms with E-state index in [0.717, 1.165) is 29.1 Å². The molecule has 0 saturated heterocycles. The van der Waals surface area contributed by atoms with Crippen LogP contribution in [-0.2, 0) is 6.54 Å². The maximum atomic E-state index is 13.6. The summed E-state index contributed by atoms with van der Waals surface area (Å²) in [5.74, 6) is -0.549. The second-order valence-corrected chi connectivity index (χ2v) is 6.42. The maximum absolute atomic E-state index is 13.6. The molecule has 0 saturated carbocycles. The average Bonchev–Trinajstić information content (AvgIpc) is 3.29. The molecule has 0 radical (unpaired) electrons. The molecule has 28 heavy (non-hydrogen) atoms. The van der Waals surface area contributed by atoms with Gasteiger partial charge in [-0.1, -0.05) is 0 Å². The van der Waals surface area contributed by atoms with Crippen molar-refractivity contribution >= 4 is 5.91 Å². The van der Waals surface area contributed by atoms with Crippen LogP contribution in [0.1, 0.15) is 34.1 Å². The number of methoxy groups -OCH3 is 1. The van der Waals surface area contributed by atoms with Gasteiger partial charge in [-0.3, -0.25) is 9.48 Å². The first-order valence-corrected chi connectivity index (χ1v) is 8.67. The number of ether oxygens (including phenoxy) is 1. The minimum absolute atomic E-state index is 0.107. The van der Waals surface area contributed by atoms with Crippen LogP contribution in [0.15, 0.2) is 42.6 Å². The average molecular weight is 377 g/mol. The van der Waals surface area contributed by atoms with Crippen molar-refractivity contribution < 1.29 is 13.9 Å². The number of nitrogens with one attached hydrogen (secondary N) is 1. The summed E-state index contributed by atoms with van der Waals surface area (Å²) in [5, 5.41) is 16.4. The van der Waals surface area contributed by atoms with Crippen LogP contribution in [-0.4, -0.2) is 27.8 Å². The van der Waals surface area contributed by atoms with Crippen LogP contribution >= 0.6 is 0 Å². The Morgan fingerprint density at radius 1 is 1.36 bits per heavy atom. The van der Waals surface area contributed by atoms with E-state index in [4.69, 9.17) is 10.00 Å².